The Morgan fingerprint density at radius 3 is 2.69 bits per heavy atom. The molecule has 8 nitrogen and oxygen atoms in total. The van der Waals surface area contributed by atoms with Gasteiger partial charge in [-0.1, -0.05) is 28.1 Å². The fraction of sp³-hybridized carbons (Fsp3) is 0.348. The molecule has 4 rings (SSSR count). The molecule has 36 heavy (non-hydrogen) atoms. The van der Waals surface area contributed by atoms with E-state index in [1.54, 1.807) is 25.2 Å². The second-order valence-corrected chi connectivity index (χ2v) is 11.7. The molecule has 0 amide bonds. The van der Waals surface area contributed by atoms with Crippen molar-refractivity contribution in [1.29, 1.82) is 0 Å². The first-order valence-electron chi connectivity index (χ1n) is 10.9. The van der Waals surface area contributed by atoms with Crippen LogP contribution in [-0.4, -0.2) is 45.0 Å². The highest BCUT2D eigenvalue weighted by molar-refractivity contribution is 9.11. The SMILES string of the molecule is COC(=O)CCCn1cc(-c2cn(S(=O)(=O)C3(C)C=C(Br)C=CC3)c3ncccc23)c(C(F)(F)F)n1. The number of aromatic nitrogens is 4. The average Bonchev–Trinajstić information content (AvgIpc) is 3.41. The number of carbonyl (C=O) groups excluding carboxylic acids is 1. The van der Waals surface area contributed by atoms with Crippen LogP contribution in [0.4, 0.5) is 13.2 Å². The number of hydrogen-bond donors (Lipinski definition) is 0. The molecule has 1 unspecified atom stereocenters. The normalized spacial score (nSPS) is 18.4. The number of halogens is 4. The second-order valence-electron chi connectivity index (χ2n) is 8.50. The van der Waals surface area contributed by atoms with Crippen LogP contribution in [0, 0.1) is 0 Å². The molecule has 0 N–H and O–H groups in total. The number of ether oxygens (including phenoxy) is 1. The lowest BCUT2D eigenvalue weighted by Crippen LogP contribution is -2.38. The highest BCUT2D eigenvalue weighted by atomic mass is 79.9. The third-order valence-corrected chi connectivity index (χ3v) is 8.69. The van der Waals surface area contributed by atoms with Gasteiger partial charge in [0.1, 0.15) is 4.75 Å². The monoisotopic (exact) mass is 586 g/mol. The van der Waals surface area contributed by atoms with Crippen LogP contribution in [0.3, 0.4) is 0 Å². The fourth-order valence-corrected chi connectivity index (χ4v) is 6.56. The van der Waals surface area contributed by atoms with E-state index in [2.05, 4.69) is 30.7 Å². The predicted molar refractivity (Wildman–Crippen MR) is 131 cm³/mol. The van der Waals surface area contributed by atoms with Gasteiger partial charge in [0.05, 0.1) is 7.11 Å². The Kier molecular flexibility index (Phi) is 6.90. The maximum Gasteiger partial charge on any atom is 0.435 e. The van der Waals surface area contributed by atoms with Crippen molar-refractivity contribution in [3.63, 3.8) is 0 Å². The number of fused-ring (bicyclic) bond motifs is 1. The van der Waals surface area contributed by atoms with Crippen molar-refractivity contribution in [2.24, 2.45) is 0 Å². The number of esters is 1. The molecule has 13 heteroatoms. The van der Waals surface area contributed by atoms with Gasteiger partial charge in [-0.2, -0.15) is 18.3 Å². The van der Waals surface area contributed by atoms with Gasteiger partial charge in [-0.15, -0.1) is 0 Å². The van der Waals surface area contributed by atoms with Crippen molar-refractivity contribution in [3.8, 4) is 11.1 Å². The molecule has 3 heterocycles. The zero-order valence-corrected chi connectivity index (χ0v) is 21.7. The lowest BCUT2D eigenvalue weighted by Gasteiger charge is -2.27. The summed E-state index contributed by atoms with van der Waals surface area (Å²) in [6.45, 7) is 1.58. The lowest BCUT2D eigenvalue weighted by molar-refractivity contribution is -0.142. The van der Waals surface area contributed by atoms with E-state index in [9.17, 15) is 26.4 Å². The number of pyridine rings is 1. The standard InChI is InChI=1S/C23H22BrF3N4O4S/c1-22(9-3-6-15(24)12-22)36(33,34)31-14-17(16-7-4-10-28-21(16)31)18-13-30(11-5-8-19(32)35-2)29-20(18)23(25,26)27/h3-4,6-7,10,12-14H,5,8-9,11H2,1-2H3. The molecule has 192 valence electrons. The van der Waals surface area contributed by atoms with Gasteiger partial charge in [-0.3, -0.25) is 9.48 Å². The molecule has 1 atom stereocenters. The first-order chi connectivity index (χ1) is 16.9. The summed E-state index contributed by atoms with van der Waals surface area (Å²) in [7, 11) is -2.91. The maximum atomic E-state index is 14.0. The van der Waals surface area contributed by atoms with Gasteiger partial charge in [-0.25, -0.2) is 17.4 Å². The number of nitrogens with zero attached hydrogens (tertiary/aromatic N) is 4. The summed E-state index contributed by atoms with van der Waals surface area (Å²) in [5, 5.41) is 3.94. The topological polar surface area (TPSA) is 96.1 Å². The van der Waals surface area contributed by atoms with E-state index in [-0.39, 0.29) is 48.0 Å². The molecule has 0 fully saturated rings. The highest BCUT2D eigenvalue weighted by Crippen LogP contribution is 2.41. The summed E-state index contributed by atoms with van der Waals surface area (Å²) in [5.74, 6) is -0.482. The molecule has 0 aromatic carbocycles. The molecule has 0 aliphatic heterocycles. The van der Waals surface area contributed by atoms with Gasteiger partial charge in [0, 0.05) is 52.6 Å². The summed E-state index contributed by atoms with van der Waals surface area (Å²) in [4.78, 5) is 15.6. The van der Waals surface area contributed by atoms with Gasteiger partial charge < -0.3 is 4.74 Å². The van der Waals surface area contributed by atoms with Gasteiger partial charge >= 0.3 is 12.1 Å². The largest absolute Gasteiger partial charge is 0.469 e. The van der Waals surface area contributed by atoms with Crippen molar-refractivity contribution in [3.05, 3.63) is 59.1 Å². The van der Waals surface area contributed by atoms with Crippen molar-refractivity contribution < 1.29 is 31.1 Å². The summed E-state index contributed by atoms with van der Waals surface area (Å²) in [6.07, 6.45) is 4.38. The minimum Gasteiger partial charge on any atom is -0.469 e. The second kappa shape index (κ2) is 9.51. The molecule has 3 aromatic rings. The van der Waals surface area contributed by atoms with Crippen LogP contribution >= 0.6 is 15.9 Å². The quantitative estimate of drug-likeness (QED) is 0.360. The Hall–Kier alpha value is -2.93. The van der Waals surface area contributed by atoms with Crippen molar-refractivity contribution in [1.82, 2.24) is 18.7 Å². The molecule has 0 saturated carbocycles. The minimum absolute atomic E-state index is 0.0133. The van der Waals surface area contributed by atoms with E-state index in [0.29, 0.717) is 4.48 Å². The summed E-state index contributed by atoms with van der Waals surface area (Å²) in [6, 6.07) is 3.05. The molecule has 0 bridgehead atoms. The number of carbonyl (C=O) groups is 1. The molecule has 0 radical (unpaired) electrons. The first kappa shape index (κ1) is 26.1. The summed E-state index contributed by atoms with van der Waals surface area (Å²) >= 11 is 3.31. The summed E-state index contributed by atoms with van der Waals surface area (Å²) < 4.78 is 75.3. The summed E-state index contributed by atoms with van der Waals surface area (Å²) in [5.41, 5.74) is -1.39. The zero-order valence-electron chi connectivity index (χ0n) is 19.3. The highest BCUT2D eigenvalue weighted by Gasteiger charge is 2.42. The van der Waals surface area contributed by atoms with Crippen LogP contribution in [0.15, 0.2) is 53.4 Å². The molecule has 0 spiro atoms. The van der Waals surface area contributed by atoms with E-state index < -0.39 is 32.6 Å². The first-order valence-corrected chi connectivity index (χ1v) is 13.1. The Morgan fingerprint density at radius 1 is 1.28 bits per heavy atom. The van der Waals surface area contributed by atoms with Crippen molar-refractivity contribution in [2.75, 3.05) is 7.11 Å². The Morgan fingerprint density at radius 2 is 2.03 bits per heavy atom. The lowest BCUT2D eigenvalue weighted by atomic mass is 10.0. The van der Waals surface area contributed by atoms with Crippen LogP contribution in [0.25, 0.3) is 22.2 Å². The van der Waals surface area contributed by atoms with Gasteiger partial charge in [0.15, 0.2) is 11.3 Å². The predicted octanol–water partition coefficient (Wildman–Crippen LogP) is 5.05. The molecule has 1 aliphatic carbocycles. The Labute approximate surface area is 213 Å². The number of methoxy groups -OCH3 is 1. The van der Waals surface area contributed by atoms with Crippen LogP contribution < -0.4 is 0 Å². The van der Waals surface area contributed by atoms with Crippen molar-refractivity contribution in [2.45, 2.75) is 43.7 Å². The number of aryl methyl sites for hydroxylation is 1. The molecular weight excluding hydrogens is 565 g/mol. The van der Waals surface area contributed by atoms with Crippen LogP contribution in [0.5, 0.6) is 0 Å². The minimum atomic E-state index is -4.80. The number of alkyl halides is 3. The fourth-order valence-electron chi connectivity index (χ4n) is 4.07. The number of hydrogen-bond acceptors (Lipinski definition) is 6. The number of allylic oxidation sites excluding steroid dienone is 3. The van der Waals surface area contributed by atoms with Gasteiger partial charge in [0.2, 0.25) is 10.0 Å². The Balaban J connectivity index is 1.85. The van der Waals surface area contributed by atoms with E-state index in [0.717, 1.165) is 8.65 Å². The van der Waals surface area contributed by atoms with E-state index in [4.69, 9.17) is 0 Å². The zero-order chi connectivity index (χ0) is 26.3. The maximum absolute atomic E-state index is 14.0. The third kappa shape index (κ3) is 4.73. The Bertz CT molecular complexity index is 1490. The number of rotatable bonds is 7. The average molecular weight is 587 g/mol. The van der Waals surface area contributed by atoms with E-state index >= 15 is 0 Å². The molecular formula is C23H22BrF3N4O4S. The third-order valence-electron chi connectivity index (χ3n) is 5.94. The molecule has 1 aliphatic rings. The molecule has 3 aromatic heterocycles. The molecule has 0 saturated heterocycles. The van der Waals surface area contributed by atoms with E-state index in [1.807, 2.05) is 0 Å². The van der Waals surface area contributed by atoms with Crippen LogP contribution in [0.2, 0.25) is 0 Å². The van der Waals surface area contributed by atoms with Crippen LogP contribution in [-0.2, 0) is 32.3 Å². The van der Waals surface area contributed by atoms with Crippen molar-refractivity contribution >= 4 is 43.0 Å². The smallest absolute Gasteiger partial charge is 0.435 e. The van der Waals surface area contributed by atoms with Crippen LogP contribution in [0.1, 0.15) is 31.9 Å². The van der Waals surface area contributed by atoms with Gasteiger partial charge in [0.25, 0.3) is 0 Å². The van der Waals surface area contributed by atoms with Gasteiger partial charge in [-0.05, 0) is 38.0 Å². The van der Waals surface area contributed by atoms with E-state index in [1.165, 1.54) is 37.8 Å².